The maximum atomic E-state index is 10.8. The topological polar surface area (TPSA) is 84.7 Å². The van der Waals surface area contributed by atoms with E-state index in [0.717, 1.165) is 22.6 Å². The van der Waals surface area contributed by atoms with E-state index in [-0.39, 0.29) is 5.69 Å². The summed E-state index contributed by atoms with van der Waals surface area (Å²) in [5.41, 5.74) is 4.99. The van der Waals surface area contributed by atoms with Gasteiger partial charge in [0.1, 0.15) is 0 Å². The third kappa shape index (κ3) is 3.23. The molecule has 128 valence electrons. The number of hydrogen-bond acceptors (Lipinski definition) is 4. The molecule has 3 aromatic rings. The third-order valence-electron chi connectivity index (χ3n) is 4.18. The summed E-state index contributed by atoms with van der Waals surface area (Å²) in [4.78, 5) is 14.5. The number of rotatable bonds is 4. The molecule has 0 saturated heterocycles. The van der Waals surface area contributed by atoms with Crippen LogP contribution in [0.5, 0.6) is 0 Å². The summed E-state index contributed by atoms with van der Waals surface area (Å²) in [7, 11) is 0. The molecule has 6 nitrogen and oxygen atoms in total. The predicted molar refractivity (Wildman–Crippen MR) is 99.6 cm³/mol. The molecular weight excluding hydrogens is 328 g/mol. The van der Waals surface area contributed by atoms with Crippen LogP contribution in [0.1, 0.15) is 22.5 Å². The van der Waals surface area contributed by atoms with Gasteiger partial charge in [-0.2, -0.15) is 5.26 Å². The van der Waals surface area contributed by atoms with E-state index in [1.165, 1.54) is 12.1 Å². The first kappa shape index (κ1) is 17.1. The van der Waals surface area contributed by atoms with Gasteiger partial charge in [-0.25, -0.2) is 0 Å². The van der Waals surface area contributed by atoms with Gasteiger partial charge in [-0.1, -0.05) is 0 Å². The monoisotopic (exact) mass is 344 g/mol. The van der Waals surface area contributed by atoms with Crippen molar-refractivity contribution in [1.82, 2.24) is 9.55 Å². The highest BCUT2D eigenvalue weighted by molar-refractivity contribution is 5.90. The molecule has 0 spiro atoms. The second-order valence-electron chi connectivity index (χ2n) is 5.85. The fourth-order valence-corrected chi connectivity index (χ4v) is 2.92. The Morgan fingerprint density at radius 1 is 1.27 bits per heavy atom. The molecule has 0 aliphatic heterocycles. The molecule has 0 bridgehead atoms. The minimum atomic E-state index is -0.457. The lowest BCUT2D eigenvalue weighted by atomic mass is 10.0. The van der Waals surface area contributed by atoms with E-state index in [9.17, 15) is 15.4 Å². The van der Waals surface area contributed by atoms with Gasteiger partial charge in [-0.05, 0) is 61.4 Å². The molecule has 1 aromatic carbocycles. The van der Waals surface area contributed by atoms with E-state index in [4.69, 9.17) is 0 Å². The molecule has 0 unspecified atom stereocenters. The molecule has 6 heteroatoms. The van der Waals surface area contributed by atoms with Crippen molar-refractivity contribution in [1.29, 1.82) is 5.26 Å². The van der Waals surface area contributed by atoms with Crippen LogP contribution in [0.2, 0.25) is 0 Å². The summed E-state index contributed by atoms with van der Waals surface area (Å²) >= 11 is 0. The zero-order chi connectivity index (χ0) is 18.7. The van der Waals surface area contributed by atoms with Crippen molar-refractivity contribution in [3.8, 4) is 11.8 Å². The molecule has 2 heterocycles. The molecule has 2 aromatic heterocycles. The van der Waals surface area contributed by atoms with Gasteiger partial charge in [-0.3, -0.25) is 15.1 Å². The molecule has 0 fully saturated rings. The van der Waals surface area contributed by atoms with Crippen molar-refractivity contribution in [2.75, 3.05) is 0 Å². The Bertz CT molecular complexity index is 1030. The van der Waals surface area contributed by atoms with E-state index in [1.807, 2.05) is 32.0 Å². The largest absolute Gasteiger partial charge is 0.316 e. The summed E-state index contributed by atoms with van der Waals surface area (Å²) < 4.78 is 2.07. The summed E-state index contributed by atoms with van der Waals surface area (Å²) in [5.74, 6) is 0. The van der Waals surface area contributed by atoms with Crippen LogP contribution >= 0.6 is 0 Å². The number of nitro benzene ring substituents is 1. The van der Waals surface area contributed by atoms with E-state index in [0.29, 0.717) is 11.1 Å². The Morgan fingerprint density at radius 2 is 2.00 bits per heavy atom. The second kappa shape index (κ2) is 7.03. The zero-order valence-electron chi connectivity index (χ0n) is 14.4. The molecule has 3 rings (SSSR count). The van der Waals surface area contributed by atoms with Gasteiger partial charge in [0.05, 0.1) is 28.4 Å². The number of aromatic nitrogens is 2. The molecular formula is C20H16N4O2. The average molecular weight is 344 g/mol. The number of pyridine rings is 1. The molecule has 0 N–H and O–H groups in total. The van der Waals surface area contributed by atoms with Gasteiger partial charge >= 0.3 is 0 Å². The Hall–Kier alpha value is -3.72. The van der Waals surface area contributed by atoms with Crippen LogP contribution in [0.4, 0.5) is 5.69 Å². The Labute approximate surface area is 150 Å². The van der Waals surface area contributed by atoms with Crippen molar-refractivity contribution in [3.63, 3.8) is 0 Å². The maximum Gasteiger partial charge on any atom is 0.269 e. The van der Waals surface area contributed by atoms with Crippen LogP contribution < -0.4 is 0 Å². The first-order chi connectivity index (χ1) is 12.5. The van der Waals surface area contributed by atoms with Crippen LogP contribution in [0.25, 0.3) is 17.3 Å². The van der Waals surface area contributed by atoms with Crippen molar-refractivity contribution >= 4 is 17.3 Å². The number of aryl methyl sites for hydroxylation is 1. The van der Waals surface area contributed by atoms with Crippen LogP contribution in [-0.2, 0) is 0 Å². The number of benzene rings is 1. The number of nitro groups is 1. The van der Waals surface area contributed by atoms with E-state index in [1.54, 1.807) is 30.6 Å². The molecule has 0 radical (unpaired) electrons. The number of hydrogen-bond donors (Lipinski definition) is 0. The number of allylic oxidation sites excluding steroid dienone is 1. The fourth-order valence-electron chi connectivity index (χ4n) is 2.92. The first-order valence-corrected chi connectivity index (χ1v) is 7.97. The van der Waals surface area contributed by atoms with E-state index < -0.39 is 4.92 Å². The summed E-state index contributed by atoms with van der Waals surface area (Å²) in [5, 5.41) is 20.3. The second-order valence-corrected chi connectivity index (χ2v) is 5.85. The van der Waals surface area contributed by atoms with Gasteiger partial charge < -0.3 is 4.57 Å². The van der Waals surface area contributed by atoms with Gasteiger partial charge in [0.25, 0.3) is 5.69 Å². The summed E-state index contributed by atoms with van der Waals surface area (Å²) in [6.45, 7) is 3.98. The smallest absolute Gasteiger partial charge is 0.269 e. The molecule has 0 aliphatic rings. The Kier molecular flexibility index (Phi) is 4.63. The third-order valence-corrected chi connectivity index (χ3v) is 4.18. The first-order valence-electron chi connectivity index (χ1n) is 7.97. The quantitative estimate of drug-likeness (QED) is 0.397. The average Bonchev–Trinajstić information content (AvgIpc) is 2.93. The van der Waals surface area contributed by atoms with Crippen LogP contribution in [-0.4, -0.2) is 14.5 Å². The number of nitrogens with zero attached hydrogens (tertiary/aromatic N) is 4. The Morgan fingerprint density at radius 3 is 2.58 bits per heavy atom. The highest BCUT2D eigenvalue weighted by Gasteiger charge is 2.12. The number of non-ortho nitro benzene ring substituents is 1. The SMILES string of the molecule is Cc1cc(/C=C(\C#N)c2ccc([N+](=O)[O-])cc2)c(C)n1-c1cccnc1. The van der Waals surface area contributed by atoms with Gasteiger partial charge in [0, 0.05) is 29.7 Å². The highest BCUT2D eigenvalue weighted by Crippen LogP contribution is 2.26. The fraction of sp³-hybridized carbons (Fsp3) is 0.100. The molecule has 0 aliphatic carbocycles. The van der Waals surface area contributed by atoms with Crippen LogP contribution in [0.15, 0.2) is 54.9 Å². The van der Waals surface area contributed by atoms with Gasteiger partial charge in [-0.15, -0.1) is 0 Å². The van der Waals surface area contributed by atoms with Gasteiger partial charge in [0.15, 0.2) is 0 Å². The molecule has 0 amide bonds. The standard InChI is InChI=1S/C20H16N4O2/c1-14-10-17(15(2)23(14)20-4-3-9-22-13-20)11-18(12-21)16-5-7-19(8-6-16)24(25)26/h3-11,13H,1-2H3/b18-11+. The highest BCUT2D eigenvalue weighted by atomic mass is 16.6. The van der Waals surface area contributed by atoms with E-state index >= 15 is 0 Å². The lowest BCUT2D eigenvalue weighted by Gasteiger charge is -2.08. The summed E-state index contributed by atoms with van der Waals surface area (Å²) in [6, 6.07) is 14.0. The van der Waals surface area contributed by atoms with Crippen molar-refractivity contribution in [2.24, 2.45) is 0 Å². The van der Waals surface area contributed by atoms with E-state index in [2.05, 4.69) is 15.6 Å². The minimum absolute atomic E-state index is 0.000736. The van der Waals surface area contributed by atoms with Crippen molar-refractivity contribution < 1.29 is 4.92 Å². The normalized spacial score (nSPS) is 11.2. The lowest BCUT2D eigenvalue weighted by molar-refractivity contribution is -0.384. The molecule has 26 heavy (non-hydrogen) atoms. The van der Waals surface area contributed by atoms with Crippen LogP contribution in [0.3, 0.4) is 0 Å². The number of nitriles is 1. The maximum absolute atomic E-state index is 10.8. The summed E-state index contributed by atoms with van der Waals surface area (Å²) in [6.07, 6.45) is 5.31. The van der Waals surface area contributed by atoms with Crippen molar-refractivity contribution in [2.45, 2.75) is 13.8 Å². The molecule has 0 saturated carbocycles. The predicted octanol–water partition coefficient (Wildman–Crippen LogP) is 4.46. The van der Waals surface area contributed by atoms with Crippen LogP contribution in [0, 0.1) is 35.3 Å². The molecule has 0 atom stereocenters. The van der Waals surface area contributed by atoms with Crippen molar-refractivity contribution in [3.05, 3.63) is 87.5 Å². The Balaban J connectivity index is 2.03. The lowest BCUT2D eigenvalue weighted by Crippen LogP contribution is -1.99. The zero-order valence-corrected chi connectivity index (χ0v) is 14.4. The van der Waals surface area contributed by atoms with Gasteiger partial charge in [0.2, 0.25) is 0 Å². The minimum Gasteiger partial charge on any atom is -0.316 e.